The van der Waals surface area contributed by atoms with E-state index in [-0.39, 0.29) is 5.91 Å². The monoisotopic (exact) mass is 213 g/mol. The van der Waals surface area contributed by atoms with Crippen molar-refractivity contribution >= 4 is 5.91 Å². The quantitative estimate of drug-likeness (QED) is 0.773. The lowest BCUT2D eigenvalue weighted by atomic mass is 9.87. The van der Waals surface area contributed by atoms with Crippen LogP contribution in [0.3, 0.4) is 0 Å². The molecule has 0 saturated heterocycles. The molecule has 0 aromatic heterocycles. The number of carbonyl (C=O) groups is 1. The van der Waals surface area contributed by atoms with Crippen molar-refractivity contribution in [3.05, 3.63) is 0 Å². The molecule has 1 aliphatic carbocycles. The number of amides is 1. The van der Waals surface area contributed by atoms with Crippen LogP contribution >= 0.6 is 0 Å². The number of nitrogens with zero attached hydrogens (tertiary/aromatic N) is 1. The lowest BCUT2D eigenvalue weighted by Gasteiger charge is -2.24. The van der Waals surface area contributed by atoms with Gasteiger partial charge < -0.3 is 10.0 Å². The van der Waals surface area contributed by atoms with Crippen LogP contribution in [-0.2, 0) is 4.79 Å². The van der Waals surface area contributed by atoms with Crippen molar-refractivity contribution in [2.45, 2.75) is 51.6 Å². The molecule has 1 atom stereocenters. The molecular weight excluding hydrogens is 190 g/mol. The number of aliphatic hydroxyl groups is 1. The van der Waals surface area contributed by atoms with Crippen LogP contribution in [0.1, 0.15) is 45.4 Å². The molecule has 15 heavy (non-hydrogen) atoms. The lowest BCUT2D eigenvalue weighted by molar-refractivity contribution is -0.132. The van der Waals surface area contributed by atoms with Crippen LogP contribution in [0, 0.1) is 5.92 Å². The van der Waals surface area contributed by atoms with Gasteiger partial charge in [0, 0.05) is 20.0 Å². The fraction of sp³-hybridized carbons (Fsp3) is 0.917. The molecule has 0 spiro atoms. The van der Waals surface area contributed by atoms with Gasteiger partial charge in [-0.05, 0) is 25.7 Å². The van der Waals surface area contributed by atoms with Gasteiger partial charge >= 0.3 is 0 Å². The first-order valence-corrected chi connectivity index (χ1v) is 6.01. The van der Waals surface area contributed by atoms with Crippen LogP contribution in [0.2, 0.25) is 0 Å². The Labute approximate surface area is 92.5 Å². The van der Waals surface area contributed by atoms with Crippen LogP contribution in [-0.4, -0.2) is 35.6 Å². The average Bonchev–Trinajstić information content (AvgIpc) is 2.18. The Hall–Kier alpha value is -0.570. The van der Waals surface area contributed by atoms with Crippen molar-refractivity contribution in [2.75, 3.05) is 13.6 Å². The van der Waals surface area contributed by atoms with E-state index in [0.29, 0.717) is 18.9 Å². The number of carbonyl (C=O) groups excluding carboxylic acids is 1. The summed E-state index contributed by atoms with van der Waals surface area (Å²) in [5, 5.41) is 9.18. The van der Waals surface area contributed by atoms with Gasteiger partial charge in [0.05, 0.1) is 6.10 Å². The topological polar surface area (TPSA) is 40.5 Å². The average molecular weight is 213 g/mol. The second-order valence-corrected chi connectivity index (χ2v) is 4.83. The Kier molecular flexibility index (Phi) is 5.09. The molecule has 88 valence electrons. The van der Waals surface area contributed by atoms with Crippen LogP contribution in [0.4, 0.5) is 0 Å². The van der Waals surface area contributed by atoms with Crippen LogP contribution < -0.4 is 0 Å². The standard InChI is InChI=1S/C12H23NO2/c1-10(14)9-13(2)12(15)8-11-6-4-3-5-7-11/h10-11,14H,3-9H2,1-2H3. The molecule has 0 heterocycles. The maximum absolute atomic E-state index is 11.8. The van der Waals surface area contributed by atoms with Gasteiger partial charge in [0.15, 0.2) is 0 Å². The third-order valence-electron chi connectivity index (χ3n) is 3.15. The maximum atomic E-state index is 11.8. The second kappa shape index (κ2) is 6.11. The van der Waals surface area contributed by atoms with Crippen LogP contribution in [0.5, 0.6) is 0 Å². The molecule has 3 nitrogen and oxygen atoms in total. The molecular formula is C12H23NO2. The molecule has 0 aromatic rings. The number of hydrogen-bond acceptors (Lipinski definition) is 2. The van der Waals surface area contributed by atoms with Crippen molar-refractivity contribution in [1.82, 2.24) is 4.90 Å². The molecule has 1 fully saturated rings. The van der Waals surface area contributed by atoms with Gasteiger partial charge in [0.1, 0.15) is 0 Å². The van der Waals surface area contributed by atoms with Gasteiger partial charge in [-0.15, -0.1) is 0 Å². The third kappa shape index (κ3) is 4.65. The van der Waals surface area contributed by atoms with Crippen molar-refractivity contribution in [1.29, 1.82) is 0 Å². The summed E-state index contributed by atoms with van der Waals surface area (Å²) in [6.45, 7) is 2.16. The molecule has 1 aliphatic rings. The van der Waals surface area contributed by atoms with Gasteiger partial charge in [-0.3, -0.25) is 4.79 Å². The molecule has 1 unspecified atom stereocenters. The fourth-order valence-corrected chi connectivity index (χ4v) is 2.29. The number of aliphatic hydroxyl groups excluding tert-OH is 1. The van der Waals surface area contributed by atoms with Crippen molar-refractivity contribution in [3.63, 3.8) is 0 Å². The van der Waals surface area contributed by atoms with E-state index in [9.17, 15) is 9.90 Å². The normalized spacial score (nSPS) is 19.9. The number of rotatable bonds is 4. The van der Waals surface area contributed by atoms with Crippen molar-refractivity contribution < 1.29 is 9.90 Å². The van der Waals surface area contributed by atoms with Gasteiger partial charge in [-0.1, -0.05) is 19.3 Å². The third-order valence-corrected chi connectivity index (χ3v) is 3.15. The Morgan fingerprint density at radius 3 is 2.53 bits per heavy atom. The Bertz CT molecular complexity index is 198. The van der Waals surface area contributed by atoms with Gasteiger partial charge in [-0.25, -0.2) is 0 Å². The first-order valence-electron chi connectivity index (χ1n) is 6.01. The highest BCUT2D eigenvalue weighted by atomic mass is 16.3. The first kappa shape index (κ1) is 12.5. The molecule has 1 saturated carbocycles. The minimum Gasteiger partial charge on any atom is -0.392 e. The smallest absolute Gasteiger partial charge is 0.222 e. The zero-order valence-corrected chi connectivity index (χ0v) is 9.91. The molecule has 0 aliphatic heterocycles. The Morgan fingerprint density at radius 1 is 1.40 bits per heavy atom. The second-order valence-electron chi connectivity index (χ2n) is 4.83. The highest BCUT2D eigenvalue weighted by Crippen LogP contribution is 2.26. The number of hydrogen-bond donors (Lipinski definition) is 1. The van der Waals surface area contributed by atoms with E-state index in [4.69, 9.17) is 0 Å². The van der Waals surface area contributed by atoms with E-state index in [1.807, 2.05) is 0 Å². The molecule has 1 rings (SSSR count). The minimum absolute atomic E-state index is 0.183. The molecule has 1 N–H and O–H groups in total. The molecule has 0 aromatic carbocycles. The van der Waals surface area contributed by atoms with Crippen LogP contribution in [0.25, 0.3) is 0 Å². The van der Waals surface area contributed by atoms with Gasteiger partial charge in [0.25, 0.3) is 0 Å². The summed E-state index contributed by atoms with van der Waals surface area (Å²) in [5.74, 6) is 0.769. The molecule has 0 radical (unpaired) electrons. The van der Waals surface area contributed by atoms with E-state index in [1.54, 1.807) is 18.9 Å². The summed E-state index contributed by atoms with van der Waals surface area (Å²) in [6.07, 6.45) is 6.53. The lowest BCUT2D eigenvalue weighted by Crippen LogP contribution is -2.34. The van der Waals surface area contributed by atoms with Gasteiger partial charge in [-0.2, -0.15) is 0 Å². The molecule has 3 heteroatoms. The summed E-state index contributed by atoms with van der Waals surface area (Å²) < 4.78 is 0. The van der Waals surface area contributed by atoms with Crippen LogP contribution in [0.15, 0.2) is 0 Å². The van der Waals surface area contributed by atoms with E-state index in [1.165, 1.54) is 32.1 Å². The predicted octanol–water partition coefficient (Wildman–Crippen LogP) is 1.80. The Balaban J connectivity index is 2.27. The maximum Gasteiger partial charge on any atom is 0.222 e. The highest BCUT2D eigenvalue weighted by molar-refractivity contribution is 5.76. The van der Waals surface area contributed by atoms with Crippen molar-refractivity contribution in [2.24, 2.45) is 5.92 Å². The molecule has 1 amide bonds. The number of likely N-dealkylation sites (N-methyl/N-ethyl adjacent to an activating group) is 1. The van der Waals surface area contributed by atoms with E-state index >= 15 is 0 Å². The summed E-state index contributed by atoms with van der Waals surface area (Å²) in [7, 11) is 1.78. The summed E-state index contributed by atoms with van der Waals surface area (Å²) in [5.41, 5.74) is 0. The van der Waals surface area contributed by atoms with E-state index in [0.717, 1.165) is 0 Å². The Morgan fingerprint density at radius 2 is 2.00 bits per heavy atom. The zero-order chi connectivity index (χ0) is 11.3. The molecule has 0 bridgehead atoms. The minimum atomic E-state index is -0.426. The van der Waals surface area contributed by atoms with Gasteiger partial charge in [0.2, 0.25) is 5.91 Å². The van der Waals surface area contributed by atoms with E-state index in [2.05, 4.69) is 0 Å². The summed E-state index contributed by atoms with van der Waals surface area (Å²) in [6, 6.07) is 0. The summed E-state index contributed by atoms with van der Waals surface area (Å²) in [4.78, 5) is 13.4. The fourth-order valence-electron chi connectivity index (χ4n) is 2.29. The zero-order valence-electron chi connectivity index (χ0n) is 9.91. The van der Waals surface area contributed by atoms with E-state index < -0.39 is 6.10 Å². The first-order chi connectivity index (χ1) is 7.09. The summed E-state index contributed by atoms with van der Waals surface area (Å²) >= 11 is 0. The largest absolute Gasteiger partial charge is 0.392 e. The SMILES string of the molecule is CC(O)CN(C)C(=O)CC1CCCCC1. The highest BCUT2D eigenvalue weighted by Gasteiger charge is 2.19. The van der Waals surface area contributed by atoms with Crippen molar-refractivity contribution in [3.8, 4) is 0 Å². The predicted molar refractivity (Wildman–Crippen MR) is 60.5 cm³/mol.